The van der Waals surface area contributed by atoms with Gasteiger partial charge in [-0.05, 0) is 17.5 Å². The largest absolute Gasteiger partial charge is 0.356 e. The lowest BCUT2D eigenvalue weighted by atomic mass is 10.0. The van der Waals surface area contributed by atoms with Gasteiger partial charge in [0.2, 0.25) is 0 Å². The number of aliphatic imine (C=N–C) groups is 1. The van der Waals surface area contributed by atoms with Gasteiger partial charge >= 0.3 is 0 Å². The molecular formula is C17H26N6. The Morgan fingerprint density at radius 1 is 1.26 bits per heavy atom. The molecule has 0 amide bonds. The standard InChI is InChI=1S/C17H26N6/c1-4-13(5-2)10-19-17(18-3)20-11-14-7-6-8-15(9-14)16-21-12-22-23-16/h6-9,12-13H,4-5,10-11H2,1-3H3,(H2,18,19,20)(H,21,22,23). The Morgan fingerprint density at radius 3 is 2.74 bits per heavy atom. The predicted octanol–water partition coefficient (Wildman–Crippen LogP) is 2.57. The molecule has 0 atom stereocenters. The molecule has 0 aliphatic rings. The van der Waals surface area contributed by atoms with Crippen LogP contribution in [0.15, 0.2) is 35.6 Å². The van der Waals surface area contributed by atoms with Gasteiger partial charge in [0.15, 0.2) is 11.8 Å². The molecule has 2 aromatic rings. The third-order valence-electron chi connectivity index (χ3n) is 4.01. The molecule has 124 valence electrons. The molecule has 0 bridgehead atoms. The number of nitrogens with one attached hydrogen (secondary N) is 3. The van der Waals surface area contributed by atoms with Gasteiger partial charge in [0.1, 0.15) is 6.33 Å². The molecule has 0 aliphatic carbocycles. The number of hydrogen-bond donors (Lipinski definition) is 3. The number of H-pyrrole nitrogens is 1. The summed E-state index contributed by atoms with van der Waals surface area (Å²) in [4.78, 5) is 8.47. The van der Waals surface area contributed by atoms with E-state index in [1.54, 1.807) is 7.05 Å². The predicted molar refractivity (Wildman–Crippen MR) is 94.1 cm³/mol. The highest BCUT2D eigenvalue weighted by atomic mass is 15.2. The van der Waals surface area contributed by atoms with Gasteiger partial charge < -0.3 is 10.6 Å². The fraction of sp³-hybridized carbons (Fsp3) is 0.471. The molecule has 1 heterocycles. The lowest BCUT2D eigenvalue weighted by Gasteiger charge is -2.16. The van der Waals surface area contributed by atoms with Crippen molar-refractivity contribution in [2.45, 2.75) is 33.2 Å². The van der Waals surface area contributed by atoms with Crippen molar-refractivity contribution in [2.24, 2.45) is 10.9 Å². The van der Waals surface area contributed by atoms with E-state index in [0.717, 1.165) is 23.9 Å². The van der Waals surface area contributed by atoms with Crippen LogP contribution in [-0.2, 0) is 6.54 Å². The second-order valence-electron chi connectivity index (χ2n) is 5.52. The van der Waals surface area contributed by atoms with Crippen molar-refractivity contribution >= 4 is 5.96 Å². The van der Waals surface area contributed by atoms with Crippen LogP contribution in [0.1, 0.15) is 32.3 Å². The number of nitrogens with zero attached hydrogens (tertiary/aromatic N) is 3. The fourth-order valence-corrected chi connectivity index (χ4v) is 2.40. The molecule has 6 heteroatoms. The second kappa shape index (κ2) is 8.92. The number of hydrogen-bond acceptors (Lipinski definition) is 3. The Morgan fingerprint density at radius 2 is 2.09 bits per heavy atom. The van der Waals surface area contributed by atoms with E-state index in [9.17, 15) is 0 Å². The molecule has 6 nitrogen and oxygen atoms in total. The van der Waals surface area contributed by atoms with Crippen LogP contribution in [-0.4, -0.2) is 34.7 Å². The molecule has 0 spiro atoms. The molecule has 1 aromatic heterocycles. The Kier molecular flexibility index (Phi) is 6.59. The van der Waals surface area contributed by atoms with Crippen LogP contribution in [0.25, 0.3) is 11.4 Å². The van der Waals surface area contributed by atoms with Crippen LogP contribution >= 0.6 is 0 Å². The van der Waals surface area contributed by atoms with Crippen LogP contribution in [0.3, 0.4) is 0 Å². The number of aromatic nitrogens is 3. The monoisotopic (exact) mass is 314 g/mol. The van der Waals surface area contributed by atoms with E-state index in [2.05, 4.69) is 56.8 Å². The van der Waals surface area contributed by atoms with Gasteiger partial charge in [0.05, 0.1) is 0 Å². The summed E-state index contributed by atoms with van der Waals surface area (Å²) < 4.78 is 0. The van der Waals surface area contributed by atoms with Crippen molar-refractivity contribution < 1.29 is 0 Å². The Balaban J connectivity index is 1.90. The highest BCUT2D eigenvalue weighted by Crippen LogP contribution is 2.15. The number of aromatic amines is 1. The summed E-state index contributed by atoms with van der Waals surface area (Å²) in [6, 6.07) is 8.22. The van der Waals surface area contributed by atoms with Crippen LogP contribution in [0.4, 0.5) is 0 Å². The zero-order chi connectivity index (χ0) is 16.5. The average molecular weight is 314 g/mol. The molecule has 0 fully saturated rings. The first-order chi connectivity index (χ1) is 11.3. The zero-order valence-corrected chi connectivity index (χ0v) is 14.1. The van der Waals surface area contributed by atoms with E-state index in [-0.39, 0.29) is 0 Å². The van der Waals surface area contributed by atoms with E-state index < -0.39 is 0 Å². The third kappa shape index (κ3) is 5.09. The van der Waals surface area contributed by atoms with Crippen LogP contribution in [0.5, 0.6) is 0 Å². The topological polar surface area (TPSA) is 78.0 Å². The minimum atomic E-state index is 0.684. The van der Waals surface area contributed by atoms with Crippen molar-refractivity contribution in [3.8, 4) is 11.4 Å². The highest BCUT2D eigenvalue weighted by Gasteiger charge is 2.06. The third-order valence-corrected chi connectivity index (χ3v) is 4.01. The summed E-state index contributed by atoms with van der Waals surface area (Å²) in [5.74, 6) is 2.30. The summed E-state index contributed by atoms with van der Waals surface area (Å²) in [5, 5.41) is 13.5. The molecule has 0 aliphatic heterocycles. The van der Waals surface area contributed by atoms with Gasteiger partial charge in [-0.15, -0.1) is 0 Å². The first-order valence-electron chi connectivity index (χ1n) is 8.16. The zero-order valence-electron chi connectivity index (χ0n) is 14.1. The van der Waals surface area contributed by atoms with E-state index in [4.69, 9.17) is 0 Å². The molecular weight excluding hydrogens is 288 g/mol. The minimum Gasteiger partial charge on any atom is -0.356 e. The Hall–Kier alpha value is -2.37. The van der Waals surface area contributed by atoms with Crippen molar-refractivity contribution in [1.82, 2.24) is 25.8 Å². The van der Waals surface area contributed by atoms with Crippen molar-refractivity contribution in [2.75, 3.05) is 13.6 Å². The maximum absolute atomic E-state index is 4.28. The number of guanidine groups is 1. The molecule has 2 rings (SSSR count). The highest BCUT2D eigenvalue weighted by molar-refractivity contribution is 5.79. The summed E-state index contributed by atoms with van der Waals surface area (Å²) in [5.41, 5.74) is 2.20. The molecule has 3 N–H and O–H groups in total. The Labute approximate surface area is 137 Å². The van der Waals surface area contributed by atoms with E-state index >= 15 is 0 Å². The molecule has 1 aromatic carbocycles. The summed E-state index contributed by atoms with van der Waals surface area (Å²) >= 11 is 0. The SMILES string of the molecule is CCC(CC)CNC(=NC)NCc1cccc(-c2ncn[nH]2)c1. The maximum atomic E-state index is 4.28. The van der Waals surface area contributed by atoms with Gasteiger partial charge in [0, 0.05) is 25.7 Å². The summed E-state index contributed by atoms with van der Waals surface area (Å²) in [6.07, 6.45) is 3.88. The lowest BCUT2D eigenvalue weighted by Crippen LogP contribution is -2.39. The fourth-order valence-electron chi connectivity index (χ4n) is 2.40. The number of benzene rings is 1. The molecule has 0 unspecified atom stereocenters. The molecule has 0 saturated carbocycles. The number of rotatable bonds is 7. The second-order valence-corrected chi connectivity index (χ2v) is 5.52. The average Bonchev–Trinajstić information content (AvgIpc) is 3.13. The normalized spacial score (nSPS) is 11.7. The van der Waals surface area contributed by atoms with Crippen molar-refractivity contribution in [3.63, 3.8) is 0 Å². The van der Waals surface area contributed by atoms with Gasteiger partial charge in [-0.3, -0.25) is 10.1 Å². The van der Waals surface area contributed by atoms with Crippen LogP contribution < -0.4 is 10.6 Å². The summed E-state index contributed by atoms with van der Waals surface area (Å²) in [7, 11) is 1.80. The maximum Gasteiger partial charge on any atom is 0.191 e. The van der Waals surface area contributed by atoms with Crippen LogP contribution in [0.2, 0.25) is 0 Å². The quantitative estimate of drug-likeness (QED) is 0.542. The van der Waals surface area contributed by atoms with Crippen molar-refractivity contribution in [3.05, 3.63) is 36.2 Å². The van der Waals surface area contributed by atoms with Gasteiger partial charge in [-0.1, -0.05) is 44.9 Å². The first-order valence-corrected chi connectivity index (χ1v) is 8.16. The molecule has 0 radical (unpaired) electrons. The first kappa shape index (κ1) is 17.0. The smallest absolute Gasteiger partial charge is 0.191 e. The summed E-state index contributed by atoms with van der Waals surface area (Å²) in [6.45, 7) is 6.11. The molecule has 23 heavy (non-hydrogen) atoms. The van der Waals surface area contributed by atoms with Crippen molar-refractivity contribution in [1.29, 1.82) is 0 Å². The lowest BCUT2D eigenvalue weighted by molar-refractivity contribution is 0.481. The van der Waals surface area contributed by atoms with E-state index in [1.807, 2.05) is 12.1 Å². The van der Waals surface area contributed by atoms with Gasteiger partial charge in [-0.2, -0.15) is 5.10 Å². The van der Waals surface area contributed by atoms with Gasteiger partial charge in [-0.25, -0.2) is 4.98 Å². The van der Waals surface area contributed by atoms with E-state index in [0.29, 0.717) is 12.5 Å². The van der Waals surface area contributed by atoms with Gasteiger partial charge in [0.25, 0.3) is 0 Å². The van der Waals surface area contributed by atoms with E-state index in [1.165, 1.54) is 24.7 Å². The minimum absolute atomic E-state index is 0.684. The Bertz CT molecular complexity index is 601. The van der Waals surface area contributed by atoms with Crippen LogP contribution in [0, 0.1) is 5.92 Å². The molecule has 0 saturated heterocycles.